The Morgan fingerprint density at radius 3 is 2.11 bits per heavy atom. The van der Waals surface area contributed by atoms with Gasteiger partial charge in [0.15, 0.2) is 0 Å². The van der Waals surface area contributed by atoms with E-state index in [-0.39, 0.29) is 13.1 Å². The molecule has 0 aliphatic heterocycles. The molecular weight excluding hydrogens is 126 g/mol. The molecule has 0 spiro atoms. The third-order valence-corrected chi connectivity index (χ3v) is 0.320. The molecule has 0 saturated heterocycles. The predicted molar refractivity (Wildman–Crippen MR) is 30.1 cm³/mol. The van der Waals surface area contributed by atoms with E-state index in [1.807, 2.05) is 0 Å². The van der Waals surface area contributed by atoms with E-state index in [0.717, 1.165) is 0 Å². The number of carbonyl (C=O) groups excluding carboxylic acids is 1. The van der Waals surface area contributed by atoms with Gasteiger partial charge in [-0.1, -0.05) is 0 Å². The first kappa shape index (κ1) is 11.2. The third kappa shape index (κ3) is 38.1. The van der Waals surface area contributed by atoms with Crippen molar-refractivity contribution in [1.29, 1.82) is 0 Å². The van der Waals surface area contributed by atoms with Gasteiger partial charge in [-0.2, -0.15) is 5.90 Å². The molecule has 1 atom stereocenters. The Balaban J connectivity index is 0. The van der Waals surface area contributed by atoms with Crippen LogP contribution in [0.4, 0.5) is 0 Å². The van der Waals surface area contributed by atoms with Crippen LogP contribution in [0.1, 0.15) is 6.92 Å². The number of rotatable bonds is 2. The second-order valence-corrected chi connectivity index (χ2v) is 1.26. The number of nitrogens with two attached hydrogens (primary N) is 1. The fourth-order valence-corrected chi connectivity index (χ4v) is 0. The first-order chi connectivity index (χ1) is 4.18. The summed E-state index contributed by atoms with van der Waals surface area (Å²) >= 11 is 0. The summed E-state index contributed by atoms with van der Waals surface area (Å²) in [6, 6.07) is 0. The van der Waals surface area contributed by atoms with Crippen LogP contribution >= 0.6 is 0 Å². The second-order valence-electron chi connectivity index (χ2n) is 1.26. The van der Waals surface area contributed by atoms with E-state index in [0.29, 0.717) is 0 Å². The Kier molecular flexibility index (Phi) is 12.9. The van der Waals surface area contributed by atoms with E-state index >= 15 is 0 Å². The van der Waals surface area contributed by atoms with Crippen molar-refractivity contribution in [1.82, 2.24) is 0 Å². The SMILES string of the molecule is CC(O)CO.NOC=O. The molecule has 0 aromatic heterocycles. The van der Waals surface area contributed by atoms with E-state index in [1.54, 1.807) is 0 Å². The fourth-order valence-electron chi connectivity index (χ4n) is 0. The number of hydrogen-bond donors (Lipinski definition) is 3. The highest BCUT2D eigenvalue weighted by atomic mass is 16.6. The summed E-state index contributed by atoms with van der Waals surface area (Å²) in [4.78, 5) is 12.2. The lowest BCUT2D eigenvalue weighted by Gasteiger charge is -1.90. The molecule has 0 amide bonds. The van der Waals surface area contributed by atoms with Crippen LogP contribution in [-0.4, -0.2) is 29.4 Å². The summed E-state index contributed by atoms with van der Waals surface area (Å²) in [7, 11) is 0. The maximum absolute atomic E-state index is 8.83. The van der Waals surface area contributed by atoms with Crippen molar-refractivity contribution in [3.05, 3.63) is 0 Å². The Bertz CT molecular complexity index is 56.5. The van der Waals surface area contributed by atoms with Crippen LogP contribution in [0, 0.1) is 0 Å². The van der Waals surface area contributed by atoms with E-state index in [2.05, 4.69) is 10.7 Å². The normalized spacial score (nSPS) is 10.7. The number of carbonyl (C=O) groups is 1. The summed E-state index contributed by atoms with van der Waals surface area (Å²) in [5.74, 6) is 4.16. The summed E-state index contributed by atoms with van der Waals surface area (Å²) < 4.78 is 0. The Hall–Kier alpha value is -0.650. The van der Waals surface area contributed by atoms with Crippen LogP contribution < -0.4 is 5.90 Å². The molecule has 5 nitrogen and oxygen atoms in total. The molecule has 4 N–H and O–H groups in total. The van der Waals surface area contributed by atoms with E-state index in [1.165, 1.54) is 6.92 Å². The molecule has 9 heavy (non-hydrogen) atoms. The first-order valence-electron chi connectivity index (χ1n) is 2.27. The lowest BCUT2D eigenvalue weighted by Crippen LogP contribution is -2.03. The average molecular weight is 137 g/mol. The minimum atomic E-state index is -0.560. The standard InChI is InChI=1S/C3H8O2.CH3NO2/c1-3(5)2-4;2-4-1-3/h3-5H,2H2,1H3;1H,2H2. The summed E-state index contributed by atoms with van der Waals surface area (Å²) in [5.41, 5.74) is 0. The number of hydrogen-bond acceptors (Lipinski definition) is 5. The molecule has 0 aromatic rings. The highest BCUT2D eigenvalue weighted by Crippen LogP contribution is 1.68. The van der Waals surface area contributed by atoms with Gasteiger partial charge in [0.05, 0.1) is 12.7 Å². The zero-order chi connectivity index (χ0) is 7.70. The van der Waals surface area contributed by atoms with Crippen LogP contribution in [0.25, 0.3) is 0 Å². The third-order valence-electron chi connectivity index (χ3n) is 0.320. The minimum Gasteiger partial charge on any atom is -0.394 e. The van der Waals surface area contributed by atoms with Gasteiger partial charge >= 0.3 is 6.47 Å². The van der Waals surface area contributed by atoms with E-state index < -0.39 is 6.10 Å². The van der Waals surface area contributed by atoms with Crippen molar-refractivity contribution in [2.45, 2.75) is 13.0 Å². The van der Waals surface area contributed by atoms with Crippen LogP contribution in [0.2, 0.25) is 0 Å². The van der Waals surface area contributed by atoms with Crippen LogP contribution in [0.5, 0.6) is 0 Å². The fraction of sp³-hybridized carbons (Fsp3) is 0.750. The molecule has 0 bridgehead atoms. The molecular formula is C4H11NO4. The summed E-state index contributed by atoms with van der Waals surface area (Å²) in [6.45, 7) is 1.54. The zero-order valence-corrected chi connectivity index (χ0v) is 5.15. The highest BCUT2D eigenvalue weighted by molar-refractivity contribution is 5.35. The van der Waals surface area contributed by atoms with Crippen LogP contribution in [0.15, 0.2) is 0 Å². The van der Waals surface area contributed by atoms with Gasteiger partial charge in [0, 0.05) is 0 Å². The van der Waals surface area contributed by atoms with Gasteiger partial charge in [-0.3, -0.25) is 4.79 Å². The topological polar surface area (TPSA) is 92.8 Å². The van der Waals surface area contributed by atoms with Crippen molar-refractivity contribution in [2.75, 3.05) is 6.61 Å². The Morgan fingerprint density at radius 2 is 2.11 bits per heavy atom. The number of aliphatic hydroxyl groups is 2. The van der Waals surface area contributed by atoms with E-state index in [9.17, 15) is 0 Å². The molecule has 0 rings (SSSR count). The first-order valence-corrected chi connectivity index (χ1v) is 2.27. The molecule has 1 unspecified atom stereocenters. The molecule has 0 heterocycles. The smallest absolute Gasteiger partial charge is 0.312 e. The second kappa shape index (κ2) is 10.4. The Morgan fingerprint density at radius 1 is 1.89 bits per heavy atom. The molecule has 0 fully saturated rings. The molecule has 0 aliphatic rings. The van der Waals surface area contributed by atoms with Crippen LogP contribution in [-0.2, 0) is 9.63 Å². The van der Waals surface area contributed by atoms with Gasteiger partial charge in [0.2, 0.25) is 0 Å². The minimum absolute atomic E-state index is 0.139. The van der Waals surface area contributed by atoms with Crippen LogP contribution in [0.3, 0.4) is 0 Å². The molecule has 0 radical (unpaired) electrons. The molecule has 5 heteroatoms. The maximum Gasteiger partial charge on any atom is 0.312 e. The molecule has 0 saturated carbocycles. The molecule has 56 valence electrons. The van der Waals surface area contributed by atoms with Crippen molar-refractivity contribution in [2.24, 2.45) is 5.90 Å². The highest BCUT2D eigenvalue weighted by Gasteiger charge is 1.83. The summed E-state index contributed by atoms with van der Waals surface area (Å²) in [5, 5.41) is 16.0. The van der Waals surface area contributed by atoms with Gasteiger partial charge in [-0.15, -0.1) is 0 Å². The van der Waals surface area contributed by atoms with Gasteiger partial charge in [-0.05, 0) is 6.92 Å². The van der Waals surface area contributed by atoms with Gasteiger partial charge in [0.1, 0.15) is 0 Å². The van der Waals surface area contributed by atoms with Crippen molar-refractivity contribution in [3.8, 4) is 0 Å². The zero-order valence-electron chi connectivity index (χ0n) is 5.15. The molecule has 0 aromatic carbocycles. The van der Waals surface area contributed by atoms with Crippen molar-refractivity contribution >= 4 is 6.47 Å². The maximum atomic E-state index is 8.83. The average Bonchev–Trinajstić information content (AvgIpc) is 1.89. The lowest BCUT2D eigenvalue weighted by molar-refractivity contribution is -0.129. The largest absolute Gasteiger partial charge is 0.394 e. The lowest BCUT2D eigenvalue weighted by atomic mass is 10.5. The quantitative estimate of drug-likeness (QED) is 0.314. The monoisotopic (exact) mass is 137 g/mol. The van der Waals surface area contributed by atoms with Gasteiger partial charge in [-0.25, -0.2) is 0 Å². The number of aliphatic hydroxyl groups excluding tert-OH is 2. The molecule has 0 aliphatic carbocycles. The van der Waals surface area contributed by atoms with Crippen molar-refractivity contribution in [3.63, 3.8) is 0 Å². The van der Waals surface area contributed by atoms with E-state index in [4.69, 9.17) is 15.0 Å². The Labute approximate surface area is 53.0 Å². The predicted octanol–water partition coefficient (Wildman–Crippen LogP) is -1.61. The van der Waals surface area contributed by atoms with Gasteiger partial charge < -0.3 is 15.1 Å². The van der Waals surface area contributed by atoms with Crippen molar-refractivity contribution < 1.29 is 19.8 Å². The summed E-state index contributed by atoms with van der Waals surface area (Å²) in [6.07, 6.45) is -0.560. The van der Waals surface area contributed by atoms with Gasteiger partial charge in [0.25, 0.3) is 0 Å².